The van der Waals surface area contributed by atoms with Crippen LogP contribution in [0.2, 0.25) is 5.02 Å². The van der Waals surface area contributed by atoms with E-state index in [-0.39, 0.29) is 28.6 Å². The molecule has 0 saturated carbocycles. The summed E-state index contributed by atoms with van der Waals surface area (Å²) in [5.41, 5.74) is 1.50. The molecule has 8 nitrogen and oxygen atoms in total. The summed E-state index contributed by atoms with van der Waals surface area (Å²) in [6.45, 7) is 4.12. The molecule has 9 heteroatoms. The van der Waals surface area contributed by atoms with E-state index in [4.69, 9.17) is 21.1 Å². The number of carbonyl (C=O) groups is 1. The Labute approximate surface area is 207 Å². The van der Waals surface area contributed by atoms with E-state index in [0.29, 0.717) is 29.2 Å². The molecule has 0 heterocycles. The Bertz CT molecular complexity index is 1320. The van der Waals surface area contributed by atoms with Gasteiger partial charge < -0.3 is 14.8 Å². The first kappa shape index (κ1) is 25.3. The minimum Gasteiger partial charge on any atom is -0.490 e. The Balaban J connectivity index is 1.88. The molecule has 0 aliphatic carbocycles. The molecule has 0 bridgehead atoms. The molecule has 0 aliphatic rings. The SMILES string of the molecule is CCOc1cc(/C=C(\C#N)C(=O)Nc2ccc(C)cc2[N+](=O)[O-])cc(Cl)c1OCc1ccccc1. The number of hydrogen-bond donors (Lipinski definition) is 1. The quantitative estimate of drug-likeness (QED) is 0.168. The molecule has 1 N–H and O–H groups in total. The van der Waals surface area contributed by atoms with Crippen LogP contribution in [0.25, 0.3) is 6.08 Å². The van der Waals surface area contributed by atoms with Gasteiger partial charge in [0.2, 0.25) is 0 Å². The van der Waals surface area contributed by atoms with E-state index in [0.717, 1.165) is 5.56 Å². The van der Waals surface area contributed by atoms with Crippen molar-refractivity contribution < 1.29 is 19.2 Å². The molecule has 0 atom stereocenters. The van der Waals surface area contributed by atoms with E-state index in [1.165, 1.54) is 18.2 Å². The molecule has 178 valence electrons. The Morgan fingerprint density at radius 1 is 1.17 bits per heavy atom. The number of anilines is 1. The average molecular weight is 492 g/mol. The van der Waals surface area contributed by atoms with E-state index < -0.39 is 10.8 Å². The third-order valence-corrected chi connectivity index (χ3v) is 5.11. The predicted molar refractivity (Wildman–Crippen MR) is 133 cm³/mol. The van der Waals surface area contributed by atoms with Gasteiger partial charge in [0.25, 0.3) is 11.6 Å². The maximum atomic E-state index is 12.7. The van der Waals surface area contributed by atoms with Gasteiger partial charge in [0.05, 0.1) is 16.6 Å². The molecule has 0 saturated heterocycles. The van der Waals surface area contributed by atoms with Crippen LogP contribution in [-0.4, -0.2) is 17.4 Å². The van der Waals surface area contributed by atoms with Crippen LogP contribution in [0.4, 0.5) is 11.4 Å². The number of aryl methyl sites for hydroxylation is 1. The molecule has 3 aromatic rings. The van der Waals surface area contributed by atoms with Gasteiger partial charge in [0, 0.05) is 6.07 Å². The molecule has 0 radical (unpaired) electrons. The van der Waals surface area contributed by atoms with Crippen LogP contribution in [0, 0.1) is 28.4 Å². The Morgan fingerprint density at radius 2 is 1.91 bits per heavy atom. The third kappa shape index (κ3) is 6.59. The Hall–Kier alpha value is -4.35. The first-order chi connectivity index (χ1) is 16.8. The molecule has 1 amide bonds. The number of nitro groups is 1. The van der Waals surface area contributed by atoms with Crippen molar-refractivity contribution in [3.8, 4) is 17.6 Å². The first-order valence-electron chi connectivity index (χ1n) is 10.6. The van der Waals surface area contributed by atoms with Crippen molar-refractivity contribution in [1.29, 1.82) is 5.26 Å². The second-order valence-electron chi connectivity index (χ2n) is 7.44. The largest absolute Gasteiger partial charge is 0.490 e. The number of benzene rings is 3. The number of halogens is 1. The molecule has 0 spiro atoms. The summed E-state index contributed by atoms with van der Waals surface area (Å²) < 4.78 is 11.6. The molecule has 3 rings (SSSR count). The lowest BCUT2D eigenvalue weighted by Gasteiger charge is -2.15. The van der Waals surface area contributed by atoms with Crippen molar-refractivity contribution in [3.63, 3.8) is 0 Å². The van der Waals surface area contributed by atoms with E-state index in [1.807, 2.05) is 36.4 Å². The number of rotatable bonds is 9. The van der Waals surface area contributed by atoms with Crippen LogP contribution >= 0.6 is 11.6 Å². The highest BCUT2D eigenvalue weighted by atomic mass is 35.5. The summed E-state index contributed by atoms with van der Waals surface area (Å²) in [4.78, 5) is 23.5. The summed E-state index contributed by atoms with van der Waals surface area (Å²) in [7, 11) is 0. The van der Waals surface area contributed by atoms with Crippen LogP contribution < -0.4 is 14.8 Å². The summed E-state index contributed by atoms with van der Waals surface area (Å²) in [6, 6.07) is 18.9. The van der Waals surface area contributed by atoms with Crippen molar-refractivity contribution in [2.75, 3.05) is 11.9 Å². The van der Waals surface area contributed by atoms with E-state index in [2.05, 4.69) is 5.32 Å². The molecule has 3 aromatic carbocycles. The zero-order chi connectivity index (χ0) is 25.4. The van der Waals surface area contributed by atoms with Gasteiger partial charge in [-0.05, 0) is 54.8 Å². The highest BCUT2D eigenvalue weighted by molar-refractivity contribution is 6.32. The number of nitrogens with zero attached hydrogens (tertiary/aromatic N) is 2. The van der Waals surface area contributed by atoms with Crippen molar-refractivity contribution in [2.24, 2.45) is 0 Å². The maximum absolute atomic E-state index is 12.7. The molecule has 35 heavy (non-hydrogen) atoms. The van der Waals surface area contributed by atoms with E-state index >= 15 is 0 Å². The second-order valence-corrected chi connectivity index (χ2v) is 7.85. The summed E-state index contributed by atoms with van der Waals surface area (Å²) in [6.07, 6.45) is 1.32. The fourth-order valence-corrected chi connectivity index (χ4v) is 3.48. The number of nitro benzene ring substituents is 1. The van der Waals surface area contributed by atoms with E-state index in [1.54, 1.807) is 32.0 Å². The topological polar surface area (TPSA) is 114 Å². The maximum Gasteiger partial charge on any atom is 0.293 e. The van der Waals surface area contributed by atoms with Gasteiger partial charge in [-0.15, -0.1) is 0 Å². The molecule has 0 aliphatic heterocycles. The molecular weight excluding hydrogens is 470 g/mol. The molecule has 0 unspecified atom stereocenters. The third-order valence-electron chi connectivity index (χ3n) is 4.83. The van der Waals surface area contributed by atoms with Gasteiger partial charge in [-0.25, -0.2) is 0 Å². The lowest BCUT2D eigenvalue weighted by atomic mass is 10.1. The fraction of sp³-hybridized carbons (Fsp3) is 0.154. The van der Waals surface area contributed by atoms with E-state index in [9.17, 15) is 20.2 Å². The molecular formula is C26H22ClN3O5. The smallest absolute Gasteiger partial charge is 0.293 e. The summed E-state index contributed by atoms with van der Waals surface area (Å²) >= 11 is 6.45. The number of amides is 1. The monoisotopic (exact) mass is 491 g/mol. The molecule has 0 fully saturated rings. The minimum atomic E-state index is -0.794. The van der Waals surface area contributed by atoms with Crippen molar-refractivity contribution >= 4 is 35.0 Å². The average Bonchev–Trinajstić information content (AvgIpc) is 2.83. The van der Waals surface area contributed by atoms with Gasteiger partial charge in [-0.2, -0.15) is 5.26 Å². The van der Waals surface area contributed by atoms with Gasteiger partial charge in [-0.1, -0.05) is 48.0 Å². The lowest BCUT2D eigenvalue weighted by molar-refractivity contribution is -0.384. The number of nitrogens with one attached hydrogen (secondary N) is 1. The van der Waals surface area contributed by atoms with Gasteiger partial charge in [-0.3, -0.25) is 14.9 Å². The number of hydrogen-bond acceptors (Lipinski definition) is 6. The zero-order valence-corrected chi connectivity index (χ0v) is 19.8. The number of carbonyl (C=O) groups excluding carboxylic acids is 1. The van der Waals surface area contributed by atoms with Gasteiger partial charge >= 0.3 is 0 Å². The Kier molecular flexibility index (Phi) is 8.43. The van der Waals surface area contributed by atoms with Crippen molar-refractivity contribution in [2.45, 2.75) is 20.5 Å². The fourth-order valence-electron chi connectivity index (χ4n) is 3.21. The van der Waals surface area contributed by atoms with Crippen LogP contribution in [-0.2, 0) is 11.4 Å². The zero-order valence-electron chi connectivity index (χ0n) is 19.1. The lowest BCUT2D eigenvalue weighted by Crippen LogP contribution is -2.14. The van der Waals surface area contributed by atoms with Crippen molar-refractivity contribution in [1.82, 2.24) is 0 Å². The number of nitriles is 1. The standard InChI is InChI=1S/C26H22ClN3O5/c1-3-34-24-14-19(13-21(27)25(24)35-16-18-7-5-4-6-8-18)12-20(15-28)26(31)29-22-10-9-17(2)11-23(22)30(32)33/h4-14H,3,16H2,1-2H3,(H,29,31)/b20-12+. The van der Waals surface area contributed by atoms with Crippen molar-refractivity contribution in [3.05, 3.63) is 98.1 Å². The highest BCUT2D eigenvalue weighted by Gasteiger charge is 2.19. The number of ether oxygens (including phenoxy) is 2. The highest BCUT2D eigenvalue weighted by Crippen LogP contribution is 2.38. The summed E-state index contributed by atoms with van der Waals surface area (Å²) in [5, 5.41) is 23.6. The van der Waals surface area contributed by atoms with Crippen LogP contribution in [0.5, 0.6) is 11.5 Å². The van der Waals surface area contributed by atoms with Gasteiger partial charge in [0.1, 0.15) is 23.9 Å². The molecule has 0 aromatic heterocycles. The van der Waals surface area contributed by atoms with Gasteiger partial charge in [0.15, 0.2) is 11.5 Å². The normalized spacial score (nSPS) is 10.9. The predicted octanol–water partition coefficient (Wildman–Crippen LogP) is 6.08. The van der Waals surface area contributed by atoms with Crippen LogP contribution in [0.15, 0.2) is 66.2 Å². The first-order valence-corrected chi connectivity index (χ1v) is 11.0. The van der Waals surface area contributed by atoms with Crippen LogP contribution in [0.1, 0.15) is 23.6 Å². The minimum absolute atomic E-state index is 0.00977. The second kappa shape index (κ2) is 11.7. The Morgan fingerprint density at radius 3 is 2.57 bits per heavy atom. The summed E-state index contributed by atoms with van der Waals surface area (Å²) in [5.74, 6) is -0.0975. The van der Waals surface area contributed by atoms with Crippen LogP contribution in [0.3, 0.4) is 0 Å².